The van der Waals surface area contributed by atoms with Gasteiger partial charge in [0.25, 0.3) is 5.91 Å². The van der Waals surface area contributed by atoms with Crippen LogP contribution >= 0.6 is 0 Å². The summed E-state index contributed by atoms with van der Waals surface area (Å²) in [5, 5.41) is 1.57. The van der Waals surface area contributed by atoms with Crippen molar-refractivity contribution in [3.05, 3.63) is 29.8 Å². The van der Waals surface area contributed by atoms with Gasteiger partial charge in [-0.1, -0.05) is 12.1 Å². The summed E-state index contributed by atoms with van der Waals surface area (Å²) < 4.78 is 0. The zero-order valence-corrected chi connectivity index (χ0v) is 7.40. The Balaban J connectivity index is 2.54. The molecule has 0 saturated heterocycles. The quantitative estimate of drug-likeness (QED) is 0.584. The molecule has 0 spiro atoms. The molecule has 1 amide bonds. The molecule has 1 aromatic rings. The minimum atomic E-state index is 0.0253. The SMILES string of the molecule is CN1CN(N)c2ccccc2C1=O. The molecule has 0 aliphatic carbocycles. The molecule has 1 aliphatic rings. The molecule has 4 heteroatoms. The first kappa shape index (κ1) is 8.07. The minimum absolute atomic E-state index is 0.0253. The second-order valence-electron chi connectivity index (χ2n) is 3.13. The lowest BCUT2D eigenvalue weighted by molar-refractivity contribution is 0.0782. The summed E-state index contributed by atoms with van der Waals surface area (Å²) in [6.07, 6.45) is 0. The van der Waals surface area contributed by atoms with Crippen LogP contribution in [-0.2, 0) is 0 Å². The van der Waals surface area contributed by atoms with E-state index < -0.39 is 0 Å². The third kappa shape index (κ3) is 1.15. The van der Waals surface area contributed by atoms with Crippen molar-refractivity contribution in [2.24, 2.45) is 5.84 Å². The number of rotatable bonds is 0. The fourth-order valence-electron chi connectivity index (χ4n) is 1.48. The van der Waals surface area contributed by atoms with Gasteiger partial charge in [-0.15, -0.1) is 0 Å². The molecule has 0 unspecified atom stereocenters. The van der Waals surface area contributed by atoms with Crippen molar-refractivity contribution >= 4 is 11.6 Å². The topological polar surface area (TPSA) is 49.6 Å². The predicted molar refractivity (Wildman–Crippen MR) is 50.1 cm³/mol. The molecule has 0 radical (unpaired) electrons. The zero-order valence-electron chi connectivity index (χ0n) is 7.40. The summed E-state index contributed by atoms with van der Waals surface area (Å²) in [5.74, 6) is 5.76. The van der Waals surface area contributed by atoms with Crippen LogP contribution in [0.1, 0.15) is 10.4 Å². The number of para-hydroxylation sites is 1. The Labute approximate surface area is 76.5 Å². The summed E-state index contributed by atoms with van der Waals surface area (Å²) in [7, 11) is 1.73. The fourth-order valence-corrected chi connectivity index (χ4v) is 1.48. The molecule has 0 fully saturated rings. The number of nitrogens with two attached hydrogens (primary N) is 1. The molecule has 2 rings (SSSR count). The fraction of sp³-hybridized carbons (Fsp3) is 0.222. The van der Waals surface area contributed by atoms with Crippen molar-refractivity contribution in [1.29, 1.82) is 0 Å². The van der Waals surface area contributed by atoms with Gasteiger partial charge in [-0.2, -0.15) is 0 Å². The molecule has 0 saturated carbocycles. The molecule has 4 nitrogen and oxygen atoms in total. The maximum atomic E-state index is 11.6. The number of benzene rings is 1. The molecule has 0 atom stereocenters. The van der Waals surface area contributed by atoms with Crippen LogP contribution in [-0.4, -0.2) is 24.5 Å². The molecular weight excluding hydrogens is 166 g/mol. The lowest BCUT2D eigenvalue weighted by Crippen LogP contribution is -2.48. The Kier molecular flexibility index (Phi) is 1.70. The van der Waals surface area contributed by atoms with Gasteiger partial charge in [0, 0.05) is 7.05 Å². The van der Waals surface area contributed by atoms with Crippen LogP contribution in [0.25, 0.3) is 0 Å². The van der Waals surface area contributed by atoms with Crippen molar-refractivity contribution in [1.82, 2.24) is 4.90 Å². The highest BCUT2D eigenvalue weighted by molar-refractivity contribution is 6.01. The van der Waals surface area contributed by atoms with Gasteiger partial charge in [-0.25, -0.2) is 5.84 Å². The van der Waals surface area contributed by atoms with E-state index in [1.807, 2.05) is 18.2 Å². The van der Waals surface area contributed by atoms with E-state index in [4.69, 9.17) is 5.84 Å². The Hall–Kier alpha value is -1.55. The number of carbonyl (C=O) groups is 1. The number of fused-ring (bicyclic) bond motifs is 1. The molecule has 1 aromatic carbocycles. The lowest BCUT2D eigenvalue weighted by Gasteiger charge is -2.32. The third-order valence-electron chi connectivity index (χ3n) is 2.16. The van der Waals surface area contributed by atoms with Crippen LogP contribution in [0.5, 0.6) is 0 Å². The molecule has 2 N–H and O–H groups in total. The van der Waals surface area contributed by atoms with E-state index >= 15 is 0 Å². The molecule has 13 heavy (non-hydrogen) atoms. The Morgan fingerprint density at radius 3 is 2.85 bits per heavy atom. The van der Waals surface area contributed by atoms with Crippen molar-refractivity contribution < 1.29 is 4.79 Å². The Morgan fingerprint density at radius 1 is 1.38 bits per heavy atom. The largest absolute Gasteiger partial charge is 0.323 e. The van der Waals surface area contributed by atoms with Crippen LogP contribution < -0.4 is 10.9 Å². The number of hydrogen-bond acceptors (Lipinski definition) is 3. The molecule has 1 aliphatic heterocycles. The van der Waals surface area contributed by atoms with Gasteiger partial charge < -0.3 is 4.90 Å². The summed E-state index contributed by atoms with van der Waals surface area (Å²) in [6, 6.07) is 7.34. The van der Waals surface area contributed by atoms with E-state index in [1.54, 1.807) is 23.0 Å². The Morgan fingerprint density at radius 2 is 2.08 bits per heavy atom. The smallest absolute Gasteiger partial charge is 0.257 e. The van der Waals surface area contributed by atoms with Crippen molar-refractivity contribution in [3.8, 4) is 0 Å². The van der Waals surface area contributed by atoms with Crippen molar-refractivity contribution in [3.63, 3.8) is 0 Å². The monoisotopic (exact) mass is 177 g/mol. The van der Waals surface area contributed by atoms with Crippen molar-refractivity contribution in [2.75, 3.05) is 18.7 Å². The highest BCUT2D eigenvalue weighted by Gasteiger charge is 2.24. The van der Waals surface area contributed by atoms with E-state index in [-0.39, 0.29) is 5.91 Å². The first-order valence-corrected chi connectivity index (χ1v) is 4.07. The van der Waals surface area contributed by atoms with E-state index in [2.05, 4.69) is 0 Å². The van der Waals surface area contributed by atoms with Crippen LogP contribution in [0.2, 0.25) is 0 Å². The molecule has 68 valence electrons. The summed E-state index contributed by atoms with van der Waals surface area (Å²) in [6.45, 7) is 0.440. The Bertz CT molecular complexity index is 350. The number of nitrogens with zero attached hydrogens (tertiary/aromatic N) is 2. The molecular formula is C9H11N3O. The average Bonchev–Trinajstić information content (AvgIpc) is 2.15. The number of anilines is 1. The van der Waals surface area contributed by atoms with E-state index in [9.17, 15) is 4.79 Å². The third-order valence-corrected chi connectivity index (χ3v) is 2.16. The first-order chi connectivity index (χ1) is 6.20. The van der Waals surface area contributed by atoms with E-state index in [1.165, 1.54) is 0 Å². The number of carbonyl (C=O) groups excluding carboxylic acids is 1. The van der Waals surface area contributed by atoms with Gasteiger partial charge in [0.15, 0.2) is 0 Å². The second kappa shape index (κ2) is 2.74. The minimum Gasteiger partial charge on any atom is -0.323 e. The standard InChI is InChI=1S/C9H11N3O/c1-11-6-12(10)8-5-3-2-4-7(8)9(11)13/h2-5H,6,10H2,1H3. The highest BCUT2D eigenvalue weighted by atomic mass is 16.2. The highest BCUT2D eigenvalue weighted by Crippen LogP contribution is 2.23. The van der Waals surface area contributed by atoms with Crippen molar-refractivity contribution in [2.45, 2.75) is 0 Å². The van der Waals surface area contributed by atoms with Crippen LogP contribution in [0.4, 0.5) is 5.69 Å². The second-order valence-corrected chi connectivity index (χ2v) is 3.13. The van der Waals surface area contributed by atoms with Crippen LogP contribution in [0, 0.1) is 0 Å². The number of amides is 1. The van der Waals surface area contributed by atoms with Gasteiger partial charge in [0.05, 0.1) is 11.3 Å². The van der Waals surface area contributed by atoms with Gasteiger partial charge in [0.1, 0.15) is 6.67 Å². The average molecular weight is 177 g/mol. The van der Waals surface area contributed by atoms with E-state index in [0.29, 0.717) is 12.2 Å². The number of hydrogen-bond donors (Lipinski definition) is 1. The van der Waals surface area contributed by atoms with Gasteiger partial charge in [-0.05, 0) is 12.1 Å². The predicted octanol–water partition coefficient (Wildman–Crippen LogP) is 0.410. The van der Waals surface area contributed by atoms with E-state index in [0.717, 1.165) is 5.69 Å². The van der Waals surface area contributed by atoms with Crippen LogP contribution in [0.3, 0.4) is 0 Å². The van der Waals surface area contributed by atoms with Gasteiger partial charge in [-0.3, -0.25) is 9.80 Å². The van der Waals surface area contributed by atoms with Gasteiger partial charge in [0.2, 0.25) is 0 Å². The number of hydrazine groups is 1. The first-order valence-electron chi connectivity index (χ1n) is 4.07. The zero-order chi connectivity index (χ0) is 9.42. The maximum Gasteiger partial charge on any atom is 0.257 e. The summed E-state index contributed by atoms with van der Waals surface area (Å²) in [4.78, 5) is 13.2. The van der Waals surface area contributed by atoms with Gasteiger partial charge >= 0.3 is 0 Å². The normalized spacial score (nSPS) is 16.0. The molecule has 1 heterocycles. The lowest BCUT2D eigenvalue weighted by atomic mass is 10.1. The summed E-state index contributed by atoms with van der Waals surface area (Å²) >= 11 is 0. The van der Waals surface area contributed by atoms with Crippen LogP contribution in [0.15, 0.2) is 24.3 Å². The molecule has 0 bridgehead atoms. The summed E-state index contributed by atoms with van der Waals surface area (Å²) in [5.41, 5.74) is 1.46. The maximum absolute atomic E-state index is 11.6. The molecule has 0 aromatic heterocycles.